The zero-order chi connectivity index (χ0) is 11.8. The largest absolute Gasteiger partial charge is 0.352 e. The van der Waals surface area contributed by atoms with Gasteiger partial charge in [0.25, 0.3) is 0 Å². The number of aryl methyl sites for hydroxylation is 1. The van der Waals surface area contributed by atoms with Crippen LogP contribution in [0.15, 0.2) is 6.33 Å². The molecule has 3 nitrogen and oxygen atoms in total. The topological polar surface area (TPSA) is 29.0 Å². The van der Waals surface area contributed by atoms with Crippen LogP contribution in [0, 0.1) is 5.92 Å². The molecule has 0 amide bonds. The molecule has 2 aliphatic rings. The molecule has 1 fully saturated rings. The second-order valence-electron chi connectivity index (χ2n) is 5.16. The molecule has 1 aliphatic heterocycles. The first-order valence-corrected chi connectivity index (χ1v) is 7.58. The van der Waals surface area contributed by atoms with E-state index in [0.29, 0.717) is 6.04 Å². The van der Waals surface area contributed by atoms with E-state index in [0.717, 1.165) is 30.6 Å². The van der Waals surface area contributed by atoms with Crippen LogP contribution in [-0.4, -0.2) is 27.9 Å². The molecule has 2 atom stereocenters. The lowest BCUT2D eigenvalue weighted by Gasteiger charge is -2.27. The third-order valence-electron chi connectivity index (χ3n) is 4.16. The van der Waals surface area contributed by atoms with Crippen molar-refractivity contribution in [1.82, 2.24) is 9.97 Å². The van der Waals surface area contributed by atoms with E-state index in [1.807, 2.05) is 0 Å². The zero-order valence-corrected chi connectivity index (χ0v) is 11.8. The van der Waals surface area contributed by atoms with Crippen molar-refractivity contribution in [2.45, 2.75) is 38.6 Å². The first-order chi connectivity index (χ1) is 8.31. The number of halogens is 1. The Labute approximate surface area is 111 Å². The molecule has 1 aromatic rings. The Morgan fingerprint density at radius 1 is 1.41 bits per heavy atom. The highest BCUT2D eigenvalue weighted by atomic mass is 79.9. The SMILES string of the molecule is CC1CCN(c2ncnc3c2CCC3)C1CBr. The molecule has 0 spiro atoms. The Hall–Kier alpha value is -0.640. The van der Waals surface area contributed by atoms with Crippen LogP contribution in [0.5, 0.6) is 0 Å². The minimum Gasteiger partial charge on any atom is -0.352 e. The molecule has 0 radical (unpaired) electrons. The van der Waals surface area contributed by atoms with Gasteiger partial charge in [-0.1, -0.05) is 22.9 Å². The molecule has 4 heteroatoms. The Morgan fingerprint density at radius 3 is 3.12 bits per heavy atom. The van der Waals surface area contributed by atoms with Crippen LogP contribution in [0.3, 0.4) is 0 Å². The monoisotopic (exact) mass is 295 g/mol. The number of rotatable bonds is 2. The van der Waals surface area contributed by atoms with E-state index in [4.69, 9.17) is 0 Å². The first-order valence-electron chi connectivity index (χ1n) is 6.46. The van der Waals surface area contributed by atoms with Gasteiger partial charge in [0.2, 0.25) is 0 Å². The number of fused-ring (bicyclic) bond motifs is 1. The van der Waals surface area contributed by atoms with Crippen LogP contribution in [0.4, 0.5) is 5.82 Å². The fraction of sp³-hybridized carbons (Fsp3) is 0.692. The van der Waals surface area contributed by atoms with E-state index < -0.39 is 0 Å². The van der Waals surface area contributed by atoms with Gasteiger partial charge in [-0.25, -0.2) is 9.97 Å². The maximum atomic E-state index is 4.56. The van der Waals surface area contributed by atoms with Crippen LogP contribution < -0.4 is 4.90 Å². The van der Waals surface area contributed by atoms with Gasteiger partial charge < -0.3 is 4.90 Å². The highest BCUT2D eigenvalue weighted by Crippen LogP contribution is 2.34. The molecule has 1 saturated heterocycles. The van der Waals surface area contributed by atoms with Gasteiger partial charge in [-0.05, 0) is 31.6 Å². The van der Waals surface area contributed by atoms with E-state index in [2.05, 4.69) is 37.7 Å². The molecule has 17 heavy (non-hydrogen) atoms. The fourth-order valence-corrected chi connectivity index (χ4v) is 4.08. The molecule has 2 unspecified atom stereocenters. The molecular formula is C13H18BrN3. The highest BCUT2D eigenvalue weighted by Gasteiger charge is 2.33. The number of alkyl halides is 1. The van der Waals surface area contributed by atoms with Crippen LogP contribution in [0.2, 0.25) is 0 Å². The molecule has 0 N–H and O–H groups in total. The summed E-state index contributed by atoms with van der Waals surface area (Å²) in [5.74, 6) is 1.96. The Balaban J connectivity index is 1.97. The molecule has 0 bridgehead atoms. The molecule has 2 heterocycles. The minimum atomic E-state index is 0.592. The number of anilines is 1. The molecule has 92 valence electrons. The van der Waals surface area contributed by atoms with Crippen LogP contribution in [0.1, 0.15) is 31.0 Å². The summed E-state index contributed by atoms with van der Waals surface area (Å²) in [6.07, 6.45) is 6.55. The summed E-state index contributed by atoms with van der Waals surface area (Å²) >= 11 is 3.65. The van der Waals surface area contributed by atoms with Crippen molar-refractivity contribution in [2.24, 2.45) is 5.92 Å². The molecule has 1 aromatic heterocycles. The maximum absolute atomic E-state index is 4.56. The number of nitrogens with zero attached hydrogens (tertiary/aromatic N) is 3. The van der Waals surface area contributed by atoms with E-state index in [1.165, 1.54) is 29.9 Å². The number of hydrogen-bond donors (Lipinski definition) is 0. The Bertz CT molecular complexity index is 421. The van der Waals surface area contributed by atoms with Gasteiger partial charge in [0.1, 0.15) is 12.1 Å². The zero-order valence-electron chi connectivity index (χ0n) is 10.2. The van der Waals surface area contributed by atoms with Crippen molar-refractivity contribution in [3.05, 3.63) is 17.6 Å². The molecule has 1 aliphatic carbocycles. The summed E-state index contributed by atoms with van der Waals surface area (Å²) in [7, 11) is 0. The third-order valence-corrected chi connectivity index (χ3v) is 4.83. The van der Waals surface area contributed by atoms with Crippen molar-refractivity contribution < 1.29 is 0 Å². The van der Waals surface area contributed by atoms with Crippen molar-refractivity contribution in [1.29, 1.82) is 0 Å². The second-order valence-corrected chi connectivity index (χ2v) is 5.80. The number of aromatic nitrogens is 2. The predicted molar refractivity (Wildman–Crippen MR) is 72.8 cm³/mol. The van der Waals surface area contributed by atoms with Crippen molar-refractivity contribution in [2.75, 3.05) is 16.8 Å². The van der Waals surface area contributed by atoms with Gasteiger partial charge in [0.15, 0.2) is 0 Å². The van der Waals surface area contributed by atoms with Crippen LogP contribution in [-0.2, 0) is 12.8 Å². The average molecular weight is 296 g/mol. The van der Waals surface area contributed by atoms with E-state index in [1.54, 1.807) is 6.33 Å². The lowest BCUT2D eigenvalue weighted by atomic mass is 10.1. The predicted octanol–water partition coefficient (Wildman–Crippen LogP) is 2.58. The minimum absolute atomic E-state index is 0.592. The van der Waals surface area contributed by atoms with Gasteiger partial charge in [0, 0.05) is 29.2 Å². The first kappa shape index (κ1) is 11.5. The van der Waals surface area contributed by atoms with Crippen molar-refractivity contribution >= 4 is 21.7 Å². The summed E-state index contributed by atoms with van der Waals surface area (Å²) in [6, 6.07) is 0.592. The summed E-state index contributed by atoms with van der Waals surface area (Å²) in [6.45, 7) is 3.48. The summed E-state index contributed by atoms with van der Waals surface area (Å²) in [5, 5.41) is 1.03. The summed E-state index contributed by atoms with van der Waals surface area (Å²) < 4.78 is 0. The van der Waals surface area contributed by atoms with Crippen LogP contribution in [0.25, 0.3) is 0 Å². The fourth-order valence-electron chi connectivity index (χ4n) is 3.10. The van der Waals surface area contributed by atoms with Gasteiger partial charge in [0.05, 0.1) is 0 Å². The van der Waals surface area contributed by atoms with E-state index >= 15 is 0 Å². The van der Waals surface area contributed by atoms with Gasteiger partial charge in [-0.15, -0.1) is 0 Å². The molecule has 0 aromatic carbocycles. The van der Waals surface area contributed by atoms with Crippen molar-refractivity contribution in [3.63, 3.8) is 0 Å². The highest BCUT2D eigenvalue weighted by molar-refractivity contribution is 9.09. The quantitative estimate of drug-likeness (QED) is 0.786. The molecular weight excluding hydrogens is 278 g/mol. The maximum Gasteiger partial charge on any atom is 0.135 e. The lowest BCUT2D eigenvalue weighted by molar-refractivity contribution is 0.552. The molecule has 0 saturated carbocycles. The summed E-state index contributed by atoms with van der Waals surface area (Å²) in [4.78, 5) is 11.5. The van der Waals surface area contributed by atoms with Gasteiger partial charge in [-0.2, -0.15) is 0 Å². The number of hydrogen-bond acceptors (Lipinski definition) is 3. The smallest absolute Gasteiger partial charge is 0.135 e. The third kappa shape index (κ3) is 1.86. The average Bonchev–Trinajstić information content (AvgIpc) is 2.94. The van der Waals surface area contributed by atoms with Crippen LogP contribution >= 0.6 is 15.9 Å². The van der Waals surface area contributed by atoms with E-state index in [9.17, 15) is 0 Å². The second kappa shape index (κ2) is 4.56. The Kier molecular flexibility index (Phi) is 3.07. The van der Waals surface area contributed by atoms with Gasteiger partial charge >= 0.3 is 0 Å². The van der Waals surface area contributed by atoms with E-state index in [-0.39, 0.29) is 0 Å². The Morgan fingerprint density at radius 2 is 2.29 bits per heavy atom. The standard InChI is InChI=1S/C13H18BrN3/c1-9-5-6-17(12(9)7-14)13-10-3-2-4-11(10)15-8-16-13/h8-9,12H,2-7H2,1H3. The lowest BCUT2D eigenvalue weighted by Crippen LogP contribution is -2.34. The normalized spacial score (nSPS) is 27.5. The summed E-state index contributed by atoms with van der Waals surface area (Å²) in [5.41, 5.74) is 2.69. The van der Waals surface area contributed by atoms with Gasteiger partial charge in [-0.3, -0.25) is 0 Å². The molecule has 3 rings (SSSR count). The van der Waals surface area contributed by atoms with Crippen molar-refractivity contribution in [3.8, 4) is 0 Å².